The summed E-state index contributed by atoms with van der Waals surface area (Å²) in [5.41, 5.74) is 1.53. The molecule has 2 aliphatic heterocycles. The highest BCUT2D eigenvalue weighted by molar-refractivity contribution is 5.95. The summed E-state index contributed by atoms with van der Waals surface area (Å²) in [6.45, 7) is 8.27. The second-order valence-electron chi connectivity index (χ2n) is 7.34. The van der Waals surface area contributed by atoms with Crippen molar-refractivity contribution in [2.45, 2.75) is 19.9 Å². The molecular formula is C21H29FN4O3. The van der Waals surface area contributed by atoms with Gasteiger partial charge in [-0.05, 0) is 38.6 Å². The maximum Gasteiger partial charge on any atom is 0.338 e. The van der Waals surface area contributed by atoms with Crippen molar-refractivity contribution in [1.29, 1.82) is 0 Å². The van der Waals surface area contributed by atoms with E-state index in [1.807, 2.05) is 6.92 Å². The fraction of sp³-hybridized carbons (Fsp3) is 0.524. The van der Waals surface area contributed by atoms with E-state index >= 15 is 0 Å². The lowest BCUT2D eigenvalue weighted by molar-refractivity contribution is -0.139. The van der Waals surface area contributed by atoms with Gasteiger partial charge in [-0.25, -0.2) is 14.0 Å². The molecule has 0 aromatic heterocycles. The lowest BCUT2D eigenvalue weighted by Gasteiger charge is -2.40. The van der Waals surface area contributed by atoms with Crippen molar-refractivity contribution in [3.8, 4) is 0 Å². The van der Waals surface area contributed by atoms with Crippen molar-refractivity contribution in [1.82, 2.24) is 20.0 Å². The van der Waals surface area contributed by atoms with Gasteiger partial charge in [-0.3, -0.25) is 9.80 Å². The second kappa shape index (κ2) is 9.37. The predicted octanol–water partition coefficient (Wildman–Crippen LogP) is 1.98. The number of carbonyl (C=O) groups is 2. The molecule has 1 N–H and O–H groups in total. The number of benzene rings is 1. The van der Waals surface area contributed by atoms with E-state index in [4.69, 9.17) is 4.74 Å². The second-order valence-corrected chi connectivity index (χ2v) is 7.34. The summed E-state index contributed by atoms with van der Waals surface area (Å²) in [7, 11) is 2.08. The molecule has 3 rings (SSSR count). The molecule has 0 radical (unpaired) electrons. The molecule has 8 heteroatoms. The molecule has 1 fully saturated rings. The van der Waals surface area contributed by atoms with Crippen molar-refractivity contribution in [3.63, 3.8) is 0 Å². The minimum atomic E-state index is -0.748. The summed E-state index contributed by atoms with van der Waals surface area (Å²) in [6.07, 6.45) is 0. The summed E-state index contributed by atoms with van der Waals surface area (Å²) in [4.78, 5) is 31.9. The average Bonchev–Trinajstić information content (AvgIpc) is 2.69. The van der Waals surface area contributed by atoms with Crippen LogP contribution in [-0.4, -0.2) is 79.6 Å². The average molecular weight is 404 g/mol. The molecule has 1 saturated heterocycles. The quantitative estimate of drug-likeness (QED) is 0.735. The van der Waals surface area contributed by atoms with Crippen molar-refractivity contribution in [2.75, 3.05) is 52.9 Å². The van der Waals surface area contributed by atoms with Crippen LogP contribution in [-0.2, 0) is 9.53 Å². The van der Waals surface area contributed by atoms with Gasteiger partial charge in [-0.15, -0.1) is 0 Å². The van der Waals surface area contributed by atoms with E-state index in [2.05, 4.69) is 22.2 Å². The zero-order valence-corrected chi connectivity index (χ0v) is 17.3. The summed E-state index contributed by atoms with van der Waals surface area (Å²) < 4.78 is 19.2. The van der Waals surface area contributed by atoms with Gasteiger partial charge < -0.3 is 15.0 Å². The third-order valence-electron chi connectivity index (χ3n) is 5.40. The van der Waals surface area contributed by atoms with E-state index in [1.54, 1.807) is 24.0 Å². The van der Waals surface area contributed by atoms with Crippen LogP contribution in [0.25, 0.3) is 0 Å². The number of nitrogens with zero attached hydrogens (tertiary/aromatic N) is 3. The van der Waals surface area contributed by atoms with Crippen molar-refractivity contribution in [2.24, 2.45) is 0 Å². The monoisotopic (exact) mass is 404 g/mol. The van der Waals surface area contributed by atoms with Gasteiger partial charge in [0.2, 0.25) is 0 Å². The zero-order chi connectivity index (χ0) is 21.0. The molecule has 1 aromatic rings. The highest BCUT2D eigenvalue weighted by Gasteiger charge is 2.38. The number of halogens is 1. The van der Waals surface area contributed by atoms with Gasteiger partial charge in [0.05, 0.1) is 18.2 Å². The molecule has 2 aliphatic rings. The van der Waals surface area contributed by atoms with E-state index in [-0.39, 0.29) is 12.6 Å². The fourth-order valence-electron chi connectivity index (χ4n) is 3.81. The number of piperazine rings is 1. The number of rotatable bonds is 6. The molecule has 7 nitrogen and oxygen atoms in total. The van der Waals surface area contributed by atoms with Crippen molar-refractivity contribution in [3.05, 3.63) is 46.9 Å². The zero-order valence-electron chi connectivity index (χ0n) is 17.3. The topological polar surface area (TPSA) is 65.1 Å². The smallest absolute Gasteiger partial charge is 0.338 e. The van der Waals surface area contributed by atoms with Gasteiger partial charge in [0.25, 0.3) is 0 Å². The van der Waals surface area contributed by atoms with E-state index in [1.165, 1.54) is 12.1 Å². The normalized spacial score (nSPS) is 21.3. The Bertz CT molecular complexity index is 790. The van der Waals surface area contributed by atoms with Crippen LogP contribution >= 0.6 is 0 Å². The van der Waals surface area contributed by atoms with Gasteiger partial charge in [-0.1, -0.05) is 12.1 Å². The summed E-state index contributed by atoms with van der Waals surface area (Å²) in [5.74, 6) is -0.900. The number of hydrogen-bond donors (Lipinski definition) is 1. The third kappa shape index (κ3) is 4.76. The van der Waals surface area contributed by atoms with Gasteiger partial charge in [0.1, 0.15) is 5.82 Å². The van der Waals surface area contributed by atoms with Crippen molar-refractivity contribution < 1.29 is 18.7 Å². The lowest BCUT2D eigenvalue weighted by atomic mass is 9.94. The Balaban J connectivity index is 2.05. The molecule has 2 amide bonds. The Hall–Kier alpha value is -2.45. The molecule has 1 atom stereocenters. The Morgan fingerprint density at radius 1 is 1.24 bits per heavy atom. The first kappa shape index (κ1) is 21.3. The Morgan fingerprint density at radius 3 is 2.59 bits per heavy atom. The first-order valence-electron chi connectivity index (χ1n) is 10.1. The number of carbonyl (C=O) groups excluding carboxylic acids is 2. The standard InChI is InChI=1S/C21H29FN4O3/c1-4-26-17(14-25-11-9-24(3)10-12-25)18(20(27)29-5-2)19(23-21(26)28)15-7-6-8-16(22)13-15/h6-8,13,19H,4-5,9-12,14H2,1-3H3,(H,23,28). The molecule has 1 aromatic carbocycles. The number of nitrogens with one attached hydrogen (secondary N) is 1. The Morgan fingerprint density at radius 2 is 1.97 bits per heavy atom. The summed E-state index contributed by atoms with van der Waals surface area (Å²) in [6, 6.07) is 4.93. The molecule has 0 saturated carbocycles. The number of amides is 2. The molecule has 0 spiro atoms. The van der Waals surface area contributed by atoms with Crippen LogP contribution in [0.4, 0.5) is 9.18 Å². The van der Waals surface area contributed by atoms with E-state index in [9.17, 15) is 14.0 Å². The molecule has 0 aliphatic carbocycles. The highest BCUT2D eigenvalue weighted by atomic mass is 19.1. The lowest BCUT2D eigenvalue weighted by Crippen LogP contribution is -2.52. The number of hydrogen-bond acceptors (Lipinski definition) is 5. The highest BCUT2D eigenvalue weighted by Crippen LogP contribution is 2.32. The number of likely N-dealkylation sites (N-methyl/N-ethyl adjacent to an activating group) is 2. The maximum atomic E-state index is 13.9. The third-order valence-corrected chi connectivity index (χ3v) is 5.40. The van der Waals surface area contributed by atoms with Crippen LogP contribution in [0.2, 0.25) is 0 Å². The SMILES string of the molecule is CCOC(=O)C1=C(CN2CCN(C)CC2)N(CC)C(=O)NC1c1cccc(F)c1. The van der Waals surface area contributed by atoms with E-state index in [0.717, 1.165) is 26.2 Å². The first-order valence-corrected chi connectivity index (χ1v) is 10.1. The van der Waals surface area contributed by atoms with Gasteiger partial charge in [0.15, 0.2) is 0 Å². The molecule has 158 valence electrons. The Kier molecular flexibility index (Phi) is 6.87. The van der Waals surface area contributed by atoms with Crippen LogP contribution in [0, 0.1) is 5.82 Å². The van der Waals surface area contributed by atoms with Crippen LogP contribution in [0.15, 0.2) is 35.5 Å². The Labute approximate surface area is 171 Å². The largest absolute Gasteiger partial charge is 0.463 e. The van der Waals surface area contributed by atoms with Crippen LogP contribution in [0.3, 0.4) is 0 Å². The summed E-state index contributed by atoms with van der Waals surface area (Å²) in [5, 5.41) is 2.86. The van der Waals surface area contributed by atoms with Crippen LogP contribution in [0.1, 0.15) is 25.5 Å². The molecule has 29 heavy (non-hydrogen) atoms. The van der Waals surface area contributed by atoms with Gasteiger partial charge >= 0.3 is 12.0 Å². The number of urea groups is 1. The van der Waals surface area contributed by atoms with Gasteiger partial charge in [-0.2, -0.15) is 0 Å². The number of esters is 1. The minimum Gasteiger partial charge on any atom is -0.463 e. The van der Waals surface area contributed by atoms with E-state index in [0.29, 0.717) is 29.9 Å². The molecule has 2 heterocycles. The van der Waals surface area contributed by atoms with Crippen LogP contribution < -0.4 is 5.32 Å². The van der Waals surface area contributed by atoms with Crippen LogP contribution in [0.5, 0.6) is 0 Å². The fourth-order valence-corrected chi connectivity index (χ4v) is 3.81. The van der Waals surface area contributed by atoms with E-state index < -0.39 is 17.8 Å². The first-order chi connectivity index (χ1) is 13.9. The summed E-state index contributed by atoms with van der Waals surface area (Å²) >= 11 is 0. The molecule has 1 unspecified atom stereocenters. The molecular weight excluding hydrogens is 375 g/mol. The number of ether oxygens (including phenoxy) is 1. The van der Waals surface area contributed by atoms with Crippen molar-refractivity contribution >= 4 is 12.0 Å². The predicted molar refractivity (Wildman–Crippen MR) is 108 cm³/mol. The maximum absolute atomic E-state index is 13.9. The molecule has 0 bridgehead atoms. The minimum absolute atomic E-state index is 0.222. The van der Waals surface area contributed by atoms with Gasteiger partial charge in [0, 0.05) is 45.0 Å².